The Hall–Kier alpha value is -0.440. The van der Waals surface area contributed by atoms with Crippen molar-refractivity contribution in [3.63, 3.8) is 0 Å². The van der Waals surface area contributed by atoms with Gasteiger partial charge in [-0.3, -0.25) is 0 Å². The molecule has 7 N–H and O–H groups in total. The van der Waals surface area contributed by atoms with Gasteiger partial charge in [-0.25, -0.2) is 0 Å². The second-order valence-electron chi connectivity index (χ2n) is 10.3. The van der Waals surface area contributed by atoms with Gasteiger partial charge in [0.15, 0.2) is 12.6 Å². The molecule has 37 heavy (non-hydrogen) atoms. The first-order valence-corrected chi connectivity index (χ1v) is 14.1. The summed E-state index contributed by atoms with van der Waals surface area (Å²) >= 11 is 0. The molecule has 0 aliphatic carbocycles. The van der Waals surface area contributed by atoms with Crippen LogP contribution < -0.4 is 0 Å². The molecular formula is C26H50O11. The Kier molecular flexibility index (Phi) is 16.0. The van der Waals surface area contributed by atoms with E-state index in [0.29, 0.717) is 0 Å². The largest absolute Gasteiger partial charge is 0.394 e. The van der Waals surface area contributed by atoms with Crippen molar-refractivity contribution in [3.05, 3.63) is 0 Å². The molecule has 0 aromatic rings. The van der Waals surface area contributed by atoms with E-state index in [1.54, 1.807) is 0 Å². The molecule has 11 nitrogen and oxygen atoms in total. The average Bonchev–Trinajstić information content (AvgIpc) is 2.89. The summed E-state index contributed by atoms with van der Waals surface area (Å²) in [5.41, 5.74) is 0. The van der Waals surface area contributed by atoms with Gasteiger partial charge in [0.2, 0.25) is 0 Å². The van der Waals surface area contributed by atoms with Gasteiger partial charge < -0.3 is 54.7 Å². The zero-order chi connectivity index (χ0) is 27.2. The highest BCUT2D eigenvalue weighted by Crippen LogP contribution is 2.29. The Morgan fingerprint density at radius 1 is 0.568 bits per heavy atom. The van der Waals surface area contributed by atoms with Crippen LogP contribution in [-0.4, -0.2) is 117 Å². The smallest absolute Gasteiger partial charge is 0.187 e. The Bertz CT molecular complexity index is 581. The second kappa shape index (κ2) is 18.0. The molecule has 0 saturated carbocycles. The van der Waals surface area contributed by atoms with E-state index in [1.807, 2.05) is 0 Å². The van der Waals surface area contributed by atoms with Gasteiger partial charge in [0.05, 0.1) is 13.2 Å². The predicted octanol–water partition coefficient (Wildman–Crippen LogP) is 0.328. The third-order valence-electron chi connectivity index (χ3n) is 7.26. The minimum absolute atomic E-state index is 0.288. The Labute approximate surface area is 220 Å². The van der Waals surface area contributed by atoms with Crippen LogP contribution in [0.2, 0.25) is 0 Å². The highest BCUT2D eigenvalue weighted by molar-refractivity contribution is 4.94. The first kappa shape index (κ1) is 32.8. The third kappa shape index (κ3) is 10.2. The maximum absolute atomic E-state index is 10.9. The Morgan fingerprint density at radius 2 is 1.11 bits per heavy atom. The first-order valence-electron chi connectivity index (χ1n) is 14.1. The standard InChI is InChI=1S/C26H50O11/c1-2-3-4-5-6-7-8-9-10-11-12-13-14-34-24-22(32)23(18(16-28)35-25(24)33)37-26-21(31)20(30)19(29)17(15-27)36-26/h17-33H,2-16H2,1H3/t17-,18-,19-,20+,21-,22+,23-,24-,25+,26-/m1/s1. The lowest BCUT2D eigenvalue weighted by Crippen LogP contribution is -2.64. The quantitative estimate of drug-likeness (QED) is 0.120. The minimum atomic E-state index is -1.68. The van der Waals surface area contributed by atoms with E-state index in [9.17, 15) is 35.7 Å². The van der Waals surface area contributed by atoms with Crippen molar-refractivity contribution in [2.45, 2.75) is 145 Å². The summed E-state index contributed by atoms with van der Waals surface area (Å²) in [6.45, 7) is 1.27. The maximum atomic E-state index is 10.9. The van der Waals surface area contributed by atoms with Gasteiger partial charge in [-0.2, -0.15) is 0 Å². The molecule has 0 bridgehead atoms. The predicted molar refractivity (Wildman–Crippen MR) is 133 cm³/mol. The fourth-order valence-corrected chi connectivity index (χ4v) is 4.90. The molecule has 2 aliphatic heterocycles. The van der Waals surface area contributed by atoms with Crippen LogP contribution >= 0.6 is 0 Å². The van der Waals surface area contributed by atoms with Crippen LogP contribution in [0.15, 0.2) is 0 Å². The van der Waals surface area contributed by atoms with E-state index in [2.05, 4.69) is 6.92 Å². The molecule has 0 amide bonds. The van der Waals surface area contributed by atoms with Crippen molar-refractivity contribution in [1.29, 1.82) is 0 Å². The van der Waals surface area contributed by atoms with Crippen molar-refractivity contribution < 1.29 is 54.7 Å². The van der Waals surface area contributed by atoms with Crippen LogP contribution in [0.1, 0.15) is 84.0 Å². The van der Waals surface area contributed by atoms with Gasteiger partial charge in [-0.15, -0.1) is 0 Å². The van der Waals surface area contributed by atoms with Crippen molar-refractivity contribution in [2.24, 2.45) is 0 Å². The topological polar surface area (TPSA) is 179 Å². The molecule has 0 spiro atoms. The van der Waals surface area contributed by atoms with E-state index in [0.717, 1.165) is 19.3 Å². The van der Waals surface area contributed by atoms with E-state index in [1.165, 1.54) is 57.8 Å². The summed E-state index contributed by atoms with van der Waals surface area (Å²) in [6, 6.07) is 0. The summed E-state index contributed by atoms with van der Waals surface area (Å²) in [7, 11) is 0. The molecule has 10 atom stereocenters. The number of unbranched alkanes of at least 4 members (excludes halogenated alkanes) is 11. The highest BCUT2D eigenvalue weighted by atomic mass is 16.7. The van der Waals surface area contributed by atoms with E-state index >= 15 is 0 Å². The van der Waals surface area contributed by atoms with Gasteiger partial charge in [-0.05, 0) is 6.42 Å². The van der Waals surface area contributed by atoms with E-state index in [-0.39, 0.29) is 6.61 Å². The number of ether oxygens (including phenoxy) is 4. The highest BCUT2D eigenvalue weighted by Gasteiger charge is 2.50. The molecule has 2 rings (SSSR count). The van der Waals surface area contributed by atoms with Crippen LogP contribution in [0.4, 0.5) is 0 Å². The first-order chi connectivity index (χ1) is 17.8. The second-order valence-corrected chi connectivity index (χ2v) is 10.3. The summed E-state index contributed by atoms with van der Waals surface area (Å²) < 4.78 is 22.0. The molecule has 0 radical (unpaired) electrons. The van der Waals surface area contributed by atoms with Crippen LogP contribution in [0, 0.1) is 0 Å². The fraction of sp³-hybridized carbons (Fsp3) is 1.00. The van der Waals surface area contributed by atoms with Crippen molar-refractivity contribution >= 4 is 0 Å². The van der Waals surface area contributed by atoms with Gasteiger partial charge >= 0.3 is 0 Å². The van der Waals surface area contributed by atoms with Crippen molar-refractivity contribution in [2.75, 3.05) is 19.8 Å². The number of hydrogen-bond donors (Lipinski definition) is 7. The van der Waals surface area contributed by atoms with Gasteiger partial charge in [0.25, 0.3) is 0 Å². The SMILES string of the molecule is CCCCCCCCCCCCCCO[C@@H]1[C@@H](O)[C@H](O[C@H]2O[C@H](CO)[C@@H](O)[C@H](O)[C@H]2O)[C@@H](CO)O[C@@H]1O. The Balaban J connectivity index is 1.72. The van der Waals surface area contributed by atoms with Crippen LogP contribution in [0.25, 0.3) is 0 Å². The minimum Gasteiger partial charge on any atom is -0.394 e. The lowest BCUT2D eigenvalue weighted by atomic mass is 9.97. The van der Waals surface area contributed by atoms with Crippen LogP contribution in [-0.2, 0) is 18.9 Å². The summed E-state index contributed by atoms with van der Waals surface area (Å²) in [4.78, 5) is 0. The molecule has 220 valence electrons. The van der Waals surface area contributed by atoms with Crippen molar-refractivity contribution in [3.8, 4) is 0 Å². The van der Waals surface area contributed by atoms with Crippen LogP contribution in [0.5, 0.6) is 0 Å². The van der Waals surface area contributed by atoms with Gasteiger partial charge in [-0.1, -0.05) is 77.6 Å². The van der Waals surface area contributed by atoms with Gasteiger partial charge in [0.1, 0.15) is 48.8 Å². The number of aliphatic hydroxyl groups is 7. The monoisotopic (exact) mass is 538 g/mol. The molecule has 2 heterocycles. The molecular weight excluding hydrogens is 488 g/mol. The van der Waals surface area contributed by atoms with E-state index in [4.69, 9.17) is 18.9 Å². The molecule has 2 fully saturated rings. The summed E-state index contributed by atoms with van der Waals surface area (Å²) in [5, 5.41) is 70.4. The van der Waals surface area contributed by atoms with E-state index < -0.39 is 74.6 Å². The zero-order valence-corrected chi connectivity index (χ0v) is 22.1. The maximum Gasteiger partial charge on any atom is 0.187 e. The molecule has 0 unspecified atom stereocenters. The molecule has 2 aliphatic rings. The lowest BCUT2D eigenvalue weighted by molar-refractivity contribution is -0.358. The molecule has 11 heteroatoms. The van der Waals surface area contributed by atoms with Crippen LogP contribution in [0.3, 0.4) is 0 Å². The molecule has 2 saturated heterocycles. The summed E-state index contributed by atoms with van der Waals surface area (Å²) in [5.74, 6) is 0. The number of rotatable bonds is 18. The number of aliphatic hydroxyl groups excluding tert-OH is 7. The van der Waals surface area contributed by atoms with Crippen molar-refractivity contribution in [1.82, 2.24) is 0 Å². The zero-order valence-electron chi connectivity index (χ0n) is 22.1. The average molecular weight is 539 g/mol. The third-order valence-corrected chi connectivity index (χ3v) is 7.26. The Morgan fingerprint density at radius 3 is 1.65 bits per heavy atom. The number of hydrogen-bond acceptors (Lipinski definition) is 11. The normalized spacial score (nSPS) is 36.6. The summed E-state index contributed by atoms with van der Waals surface area (Å²) in [6.07, 6.45) is 0.174. The fourth-order valence-electron chi connectivity index (χ4n) is 4.90. The van der Waals surface area contributed by atoms with Gasteiger partial charge in [0, 0.05) is 6.61 Å². The lowest BCUT2D eigenvalue weighted by Gasteiger charge is -2.46. The molecule has 0 aromatic carbocycles. The molecule has 0 aromatic heterocycles.